The van der Waals surface area contributed by atoms with Gasteiger partial charge in [0.1, 0.15) is 5.54 Å². The molecule has 0 unspecified atom stereocenters. The second kappa shape index (κ2) is 7.33. The van der Waals surface area contributed by atoms with E-state index in [1.54, 1.807) is 11.8 Å². The van der Waals surface area contributed by atoms with Crippen LogP contribution in [0.5, 0.6) is 0 Å². The maximum Gasteiger partial charge on any atom is 0.171 e. The summed E-state index contributed by atoms with van der Waals surface area (Å²) in [5.74, 6) is 0.932. The van der Waals surface area contributed by atoms with E-state index in [4.69, 9.17) is 21.6 Å². The van der Waals surface area contributed by atoms with E-state index in [2.05, 4.69) is 49.3 Å². The lowest BCUT2D eigenvalue weighted by molar-refractivity contribution is 0.592. The van der Waals surface area contributed by atoms with E-state index in [9.17, 15) is 0 Å². The van der Waals surface area contributed by atoms with E-state index in [1.165, 1.54) is 24.0 Å². The lowest BCUT2D eigenvalue weighted by Gasteiger charge is -2.37. The molecule has 0 N–H and O–H groups in total. The van der Waals surface area contributed by atoms with Gasteiger partial charge in [0.15, 0.2) is 11.0 Å². The molecule has 0 amide bonds. The average Bonchev–Trinajstić information content (AvgIpc) is 3.25. The molecule has 0 saturated heterocycles. The van der Waals surface area contributed by atoms with Crippen LogP contribution in [0.15, 0.2) is 52.4 Å². The Labute approximate surface area is 170 Å². The molecule has 2 aliphatic rings. The topological polar surface area (TPSA) is 28.0 Å². The van der Waals surface area contributed by atoms with Crippen molar-refractivity contribution in [1.29, 1.82) is 0 Å². The van der Waals surface area contributed by atoms with Crippen molar-refractivity contribution in [2.24, 2.45) is 9.98 Å². The Balaban J connectivity index is 1.90. The molecular formula is C22H24ClN3S. The average molecular weight is 398 g/mol. The smallest absolute Gasteiger partial charge is 0.171 e. The van der Waals surface area contributed by atoms with Crippen molar-refractivity contribution < 1.29 is 0 Å². The standard InChI is InChI=1S/C22H24ClN3S/c1-15-9-8-10-16(2)19(15)24-20-22(13-6-7-14-22)26(21(25-20)27-3)18-12-5-4-11-17(18)23/h4-5,8-12H,6-7,13-14H2,1-3H3. The number of hydrogen-bond donors (Lipinski definition) is 0. The molecule has 1 fully saturated rings. The molecule has 140 valence electrons. The van der Waals surface area contributed by atoms with Crippen LogP contribution in [0.4, 0.5) is 11.4 Å². The van der Waals surface area contributed by atoms with E-state index in [1.807, 2.05) is 18.2 Å². The summed E-state index contributed by atoms with van der Waals surface area (Å²) in [6, 6.07) is 14.4. The van der Waals surface area contributed by atoms with E-state index >= 15 is 0 Å². The van der Waals surface area contributed by atoms with Gasteiger partial charge in [-0.3, -0.25) is 0 Å². The van der Waals surface area contributed by atoms with Gasteiger partial charge >= 0.3 is 0 Å². The molecule has 0 radical (unpaired) electrons. The fraction of sp³-hybridized carbons (Fsp3) is 0.364. The molecule has 1 aliphatic carbocycles. The number of hydrogen-bond acceptors (Lipinski definition) is 3. The first-order chi connectivity index (χ1) is 13.1. The summed E-state index contributed by atoms with van der Waals surface area (Å²) in [5, 5.41) is 1.74. The number of aliphatic imine (C=N–C) groups is 2. The zero-order chi connectivity index (χ0) is 19.0. The van der Waals surface area contributed by atoms with Crippen LogP contribution < -0.4 is 4.90 Å². The molecule has 1 heterocycles. The first-order valence-electron chi connectivity index (χ1n) is 9.40. The third-order valence-corrected chi connectivity index (χ3v) is 6.56. The van der Waals surface area contributed by atoms with Gasteiger partial charge < -0.3 is 4.90 Å². The summed E-state index contributed by atoms with van der Waals surface area (Å²) in [6.07, 6.45) is 6.55. The predicted octanol–water partition coefficient (Wildman–Crippen LogP) is 6.54. The van der Waals surface area contributed by atoms with Crippen LogP contribution in [-0.2, 0) is 0 Å². The Morgan fingerprint density at radius 3 is 2.33 bits per heavy atom. The molecule has 0 aromatic heterocycles. The number of nitrogens with zero attached hydrogens (tertiary/aromatic N) is 3. The van der Waals surface area contributed by atoms with Crippen LogP contribution in [0.25, 0.3) is 0 Å². The normalized spacial score (nSPS) is 19.9. The second-order valence-corrected chi connectivity index (χ2v) is 8.48. The number of anilines is 1. The summed E-state index contributed by atoms with van der Waals surface area (Å²) >= 11 is 8.26. The van der Waals surface area contributed by atoms with E-state index in [-0.39, 0.29) is 5.54 Å². The van der Waals surface area contributed by atoms with E-state index in [0.717, 1.165) is 40.2 Å². The van der Waals surface area contributed by atoms with Gasteiger partial charge in [0.25, 0.3) is 0 Å². The number of aryl methyl sites for hydroxylation is 2. The highest BCUT2D eigenvalue weighted by molar-refractivity contribution is 8.13. The van der Waals surface area contributed by atoms with E-state index in [0.29, 0.717) is 0 Å². The van der Waals surface area contributed by atoms with Crippen molar-refractivity contribution in [1.82, 2.24) is 0 Å². The molecule has 3 nitrogen and oxygen atoms in total. The molecule has 1 spiro atoms. The van der Waals surface area contributed by atoms with Crippen LogP contribution in [0.3, 0.4) is 0 Å². The fourth-order valence-corrected chi connectivity index (χ4v) is 5.11. The molecule has 2 aromatic carbocycles. The minimum atomic E-state index is -0.196. The molecule has 4 rings (SSSR count). The molecule has 2 aromatic rings. The first-order valence-corrected chi connectivity index (χ1v) is 11.0. The van der Waals surface area contributed by atoms with Crippen LogP contribution in [0, 0.1) is 13.8 Å². The Kier molecular flexibility index (Phi) is 5.04. The van der Waals surface area contributed by atoms with Gasteiger partial charge in [0, 0.05) is 0 Å². The lowest BCUT2D eigenvalue weighted by atomic mass is 9.94. The van der Waals surface area contributed by atoms with Crippen LogP contribution in [0.1, 0.15) is 36.8 Å². The molecule has 5 heteroatoms. The third kappa shape index (κ3) is 3.09. The molecule has 0 atom stereocenters. The monoisotopic (exact) mass is 397 g/mol. The van der Waals surface area contributed by atoms with Crippen molar-refractivity contribution in [2.45, 2.75) is 45.1 Å². The Bertz CT molecular complexity index is 909. The van der Waals surface area contributed by atoms with Gasteiger partial charge in [-0.15, -0.1) is 0 Å². The molecular weight excluding hydrogens is 374 g/mol. The maximum absolute atomic E-state index is 6.60. The molecule has 0 bridgehead atoms. The highest BCUT2D eigenvalue weighted by atomic mass is 35.5. The number of thioether (sulfide) groups is 1. The Morgan fingerprint density at radius 2 is 1.70 bits per heavy atom. The van der Waals surface area contributed by atoms with Gasteiger partial charge in [-0.2, -0.15) is 0 Å². The van der Waals surface area contributed by atoms with Gasteiger partial charge in [0.05, 0.1) is 16.4 Å². The summed E-state index contributed by atoms with van der Waals surface area (Å²) in [5.41, 5.74) is 4.25. The van der Waals surface area contributed by atoms with Crippen molar-refractivity contribution in [3.8, 4) is 0 Å². The van der Waals surface area contributed by atoms with Gasteiger partial charge in [-0.1, -0.05) is 66.5 Å². The molecule has 1 saturated carbocycles. The van der Waals surface area contributed by atoms with Crippen molar-refractivity contribution in [3.05, 3.63) is 58.6 Å². The summed E-state index contributed by atoms with van der Waals surface area (Å²) < 4.78 is 0. The zero-order valence-corrected chi connectivity index (χ0v) is 17.6. The zero-order valence-electron chi connectivity index (χ0n) is 16.0. The Hall–Kier alpha value is -1.78. The van der Waals surface area contributed by atoms with Crippen molar-refractivity contribution in [3.63, 3.8) is 0 Å². The van der Waals surface area contributed by atoms with Crippen molar-refractivity contribution >= 4 is 45.7 Å². The lowest BCUT2D eigenvalue weighted by Crippen LogP contribution is -2.49. The Morgan fingerprint density at radius 1 is 1.04 bits per heavy atom. The number of amidine groups is 2. The van der Waals surface area contributed by atoms with Gasteiger partial charge in [0.2, 0.25) is 0 Å². The molecule has 27 heavy (non-hydrogen) atoms. The molecule has 1 aliphatic heterocycles. The van der Waals surface area contributed by atoms with Gasteiger partial charge in [-0.05, 0) is 56.2 Å². The quantitative estimate of drug-likeness (QED) is 0.575. The number of para-hydroxylation sites is 2. The third-order valence-electron chi connectivity index (χ3n) is 5.60. The number of rotatable bonds is 2. The summed E-state index contributed by atoms with van der Waals surface area (Å²) in [6.45, 7) is 4.24. The maximum atomic E-state index is 6.60. The minimum Gasteiger partial charge on any atom is -0.306 e. The van der Waals surface area contributed by atoms with E-state index < -0.39 is 0 Å². The highest BCUT2D eigenvalue weighted by Gasteiger charge is 2.51. The minimum absolute atomic E-state index is 0.196. The summed E-state index contributed by atoms with van der Waals surface area (Å²) in [4.78, 5) is 12.5. The largest absolute Gasteiger partial charge is 0.306 e. The highest BCUT2D eigenvalue weighted by Crippen LogP contribution is 2.47. The SMILES string of the molecule is CSC1=NC(=Nc2c(C)cccc2C)C2(CCCC2)N1c1ccccc1Cl. The number of halogens is 1. The van der Waals surface area contributed by atoms with Crippen LogP contribution in [-0.4, -0.2) is 22.8 Å². The fourth-order valence-electron chi connectivity index (χ4n) is 4.26. The summed E-state index contributed by atoms with van der Waals surface area (Å²) in [7, 11) is 0. The van der Waals surface area contributed by atoms with Crippen LogP contribution in [0.2, 0.25) is 5.02 Å². The van der Waals surface area contributed by atoms with Crippen molar-refractivity contribution in [2.75, 3.05) is 11.2 Å². The van der Waals surface area contributed by atoms with Gasteiger partial charge in [-0.25, -0.2) is 9.98 Å². The predicted molar refractivity (Wildman–Crippen MR) is 119 cm³/mol. The first kappa shape index (κ1) is 18.6. The second-order valence-electron chi connectivity index (χ2n) is 7.30. The van der Waals surface area contributed by atoms with Crippen LogP contribution >= 0.6 is 23.4 Å². The number of benzene rings is 2.